The topological polar surface area (TPSA) is 58.4 Å². The summed E-state index contributed by atoms with van der Waals surface area (Å²) in [6.45, 7) is 3.09. The van der Waals surface area contributed by atoms with E-state index in [0.29, 0.717) is 12.0 Å². The van der Waals surface area contributed by atoms with Gasteiger partial charge in [-0.1, -0.05) is 6.92 Å². The van der Waals surface area contributed by atoms with Gasteiger partial charge in [-0.25, -0.2) is 0 Å². The van der Waals surface area contributed by atoms with Gasteiger partial charge in [-0.15, -0.1) is 0 Å². The van der Waals surface area contributed by atoms with E-state index in [-0.39, 0.29) is 5.91 Å². The molecule has 2 aliphatic rings. The van der Waals surface area contributed by atoms with Crippen LogP contribution < -0.4 is 11.1 Å². The summed E-state index contributed by atoms with van der Waals surface area (Å²) >= 11 is 0. The number of amides is 1. The van der Waals surface area contributed by atoms with Crippen LogP contribution in [0, 0.1) is 11.8 Å². The molecule has 2 aliphatic carbocycles. The average Bonchev–Trinajstić information content (AvgIpc) is 3.20. The summed E-state index contributed by atoms with van der Waals surface area (Å²) in [5.74, 6) is 1.10. The van der Waals surface area contributed by atoms with Crippen molar-refractivity contribution in [3.63, 3.8) is 0 Å². The number of likely N-dealkylation sites (N-methyl/N-ethyl adjacent to an activating group) is 2. The number of nitrogens with two attached hydrogens (primary N) is 1. The molecule has 19 heavy (non-hydrogen) atoms. The van der Waals surface area contributed by atoms with E-state index in [1.165, 1.54) is 25.7 Å². The maximum atomic E-state index is 11.9. The molecule has 2 saturated carbocycles. The highest BCUT2D eigenvalue weighted by Crippen LogP contribution is 2.40. The molecule has 3 N–H and O–H groups in total. The first kappa shape index (κ1) is 14.8. The Balaban J connectivity index is 1.98. The quantitative estimate of drug-likeness (QED) is 0.764. The molecule has 0 aliphatic heterocycles. The molecular formula is C15H29N3O. The molecule has 0 spiro atoms. The second kappa shape index (κ2) is 5.80. The second-order valence-electron chi connectivity index (χ2n) is 6.69. The van der Waals surface area contributed by atoms with Gasteiger partial charge >= 0.3 is 0 Å². The van der Waals surface area contributed by atoms with Gasteiger partial charge in [0.1, 0.15) is 5.54 Å². The van der Waals surface area contributed by atoms with Gasteiger partial charge in [0, 0.05) is 12.6 Å². The van der Waals surface area contributed by atoms with Crippen molar-refractivity contribution in [2.24, 2.45) is 17.6 Å². The van der Waals surface area contributed by atoms with Crippen LogP contribution in [0.1, 0.15) is 45.4 Å². The van der Waals surface area contributed by atoms with Crippen molar-refractivity contribution < 1.29 is 4.79 Å². The summed E-state index contributed by atoms with van der Waals surface area (Å²) in [7, 11) is 4.03. The van der Waals surface area contributed by atoms with E-state index in [0.717, 1.165) is 25.3 Å². The molecule has 0 aromatic rings. The lowest BCUT2D eigenvalue weighted by molar-refractivity contribution is -0.126. The van der Waals surface area contributed by atoms with E-state index in [2.05, 4.69) is 24.2 Å². The zero-order chi connectivity index (χ0) is 14.0. The van der Waals surface area contributed by atoms with Crippen molar-refractivity contribution in [1.82, 2.24) is 10.2 Å². The van der Waals surface area contributed by atoms with Gasteiger partial charge in [-0.2, -0.15) is 0 Å². The number of hydrogen-bond acceptors (Lipinski definition) is 3. The molecule has 1 unspecified atom stereocenters. The van der Waals surface area contributed by atoms with Gasteiger partial charge in [0.25, 0.3) is 0 Å². The minimum absolute atomic E-state index is 0.187. The van der Waals surface area contributed by atoms with Gasteiger partial charge in [0.2, 0.25) is 5.91 Å². The minimum atomic E-state index is -0.516. The van der Waals surface area contributed by atoms with Gasteiger partial charge in [-0.3, -0.25) is 4.79 Å². The lowest BCUT2D eigenvalue weighted by Gasteiger charge is -2.40. The zero-order valence-corrected chi connectivity index (χ0v) is 12.6. The molecule has 0 saturated heterocycles. The number of hydrogen-bond donors (Lipinski definition) is 2. The summed E-state index contributed by atoms with van der Waals surface area (Å²) in [6.07, 6.45) is 7.36. The Morgan fingerprint density at radius 2 is 1.84 bits per heavy atom. The highest BCUT2D eigenvalue weighted by atomic mass is 16.1. The number of nitrogens with one attached hydrogen (secondary N) is 1. The normalized spacial score (nSPS) is 31.2. The van der Waals surface area contributed by atoms with E-state index in [1.54, 1.807) is 0 Å². The molecule has 0 heterocycles. The summed E-state index contributed by atoms with van der Waals surface area (Å²) in [4.78, 5) is 14.3. The molecule has 1 atom stereocenters. The fourth-order valence-electron chi connectivity index (χ4n) is 3.60. The number of nitrogens with zero attached hydrogens (tertiary/aromatic N) is 1. The van der Waals surface area contributed by atoms with Crippen molar-refractivity contribution >= 4 is 5.91 Å². The van der Waals surface area contributed by atoms with Crippen LogP contribution in [-0.2, 0) is 4.79 Å². The Kier molecular flexibility index (Phi) is 4.51. The van der Waals surface area contributed by atoms with E-state index in [9.17, 15) is 4.79 Å². The Hall–Kier alpha value is -0.610. The largest absolute Gasteiger partial charge is 0.368 e. The number of carbonyl (C=O) groups excluding carboxylic acids is 1. The lowest BCUT2D eigenvalue weighted by atomic mass is 9.85. The molecule has 4 heteroatoms. The van der Waals surface area contributed by atoms with E-state index in [4.69, 9.17) is 5.73 Å². The first-order chi connectivity index (χ1) is 8.99. The van der Waals surface area contributed by atoms with E-state index in [1.807, 2.05) is 7.05 Å². The maximum absolute atomic E-state index is 11.9. The van der Waals surface area contributed by atoms with Crippen LogP contribution in [0.4, 0.5) is 0 Å². The average molecular weight is 267 g/mol. The highest BCUT2D eigenvalue weighted by molar-refractivity contribution is 5.86. The van der Waals surface area contributed by atoms with Crippen LogP contribution in [-0.4, -0.2) is 43.0 Å². The summed E-state index contributed by atoms with van der Waals surface area (Å²) in [5.41, 5.74) is 5.18. The Morgan fingerprint density at radius 3 is 2.26 bits per heavy atom. The molecule has 4 nitrogen and oxygen atoms in total. The van der Waals surface area contributed by atoms with Crippen LogP contribution in [0.15, 0.2) is 0 Å². The first-order valence-corrected chi connectivity index (χ1v) is 7.68. The number of carbonyl (C=O) groups is 1. The Morgan fingerprint density at radius 1 is 1.26 bits per heavy atom. The predicted octanol–water partition coefficient (Wildman–Crippen LogP) is 1.35. The fourth-order valence-corrected chi connectivity index (χ4v) is 3.60. The molecule has 0 aromatic carbocycles. The first-order valence-electron chi connectivity index (χ1n) is 7.68. The second-order valence-corrected chi connectivity index (χ2v) is 6.69. The number of primary amides is 1. The fraction of sp³-hybridized carbons (Fsp3) is 0.933. The van der Waals surface area contributed by atoms with Gasteiger partial charge < -0.3 is 16.0 Å². The predicted molar refractivity (Wildman–Crippen MR) is 77.8 cm³/mol. The molecule has 0 aromatic heterocycles. The van der Waals surface area contributed by atoms with Crippen molar-refractivity contribution in [3.05, 3.63) is 0 Å². The zero-order valence-electron chi connectivity index (χ0n) is 12.6. The molecule has 0 radical (unpaired) electrons. The molecule has 1 amide bonds. The monoisotopic (exact) mass is 267 g/mol. The standard InChI is InChI=1S/C15H29N3O/c1-11-4-8-13(9-5-11)18(3)10-15(17-2,14(16)19)12-6-7-12/h11-13,17H,4-10H2,1-3H3,(H2,16,19). The smallest absolute Gasteiger partial charge is 0.239 e. The molecule has 110 valence electrons. The van der Waals surface area contributed by atoms with Gasteiger partial charge in [0.05, 0.1) is 0 Å². The summed E-state index contributed by atoms with van der Waals surface area (Å²) in [5, 5.41) is 3.24. The lowest BCUT2D eigenvalue weighted by Crippen LogP contribution is -2.62. The molecule has 0 bridgehead atoms. The SMILES string of the molecule is CNC(CN(C)C1CCC(C)CC1)(C(N)=O)C1CC1. The Bertz CT molecular complexity index is 321. The van der Waals surface area contributed by atoms with Crippen LogP contribution in [0.3, 0.4) is 0 Å². The highest BCUT2D eigenvalue weighted by Gasteiger charge is 2.49. The minimum Gasteiger partial charge on any atom is -0.368 e. The van der Waals surface area contributed by atoms with Gasteiger partial charge in [-0.05, 0) is 64.5 Å². The third-order valence-electron chi connectivity index (χ3n) is 5.27. The Labute approximate surface area is 117 Å². The molecule has 2 fully saturated rings. The number of rotatable bonds is 6. The summed E-state index contributed by atoms with van der Waals surface area (Å²) < 4.78 is 0. The van der Waals surface area contributed by atoms with Crippen molar-refractivity contribution in [2.45, 2.75) is 57.0 Å². The van der Waals surface area contributed by atoms with Crippen LogP contribution in [0.25, 0.3) is 0 Å². The van der Waals surface area contributed by atoms with Crippen LogP contribution in [0.2, 0.25) is 0 Å². The van der Waals surface area contributed by atoms with Crippen molar-refractivity contribution in [3.8, 4) is 0 Å². The van der Waals surface area contributed by atoms with Crippen molar-refractivity contribution in [2.75, 3.05) is 20.6 Å². The van der Waals surface area contributed by atoms with E-state index >= 15 is 0 Å². The van der Waals surface area contributed by atoms with Gasteiger partial charge in [0.15, 0.2) is 0 Å². The van der Waals surface area contributed by atoms with Crippen molar-refractivity contribution in [1.29, 1.82) is 0 Å². The third-order valence-corrected chi connectivity index (χ3v) is 5.27. The molecular weight excluding hydrogens is 238 g/mol. The van der Waals surface area contributed by atoms with E-state index < -0.39 is 5.54 Å². The maximum Gasteiger partial charge on any atom is 0.239 e. The third kappa shape index (κ3) is 3.11. The van der Waals surface area contributed by atoms with Crippen LogP contribution in [0.5, 0.6) is 0 Å². The van der Waals surface area contributed by atoms with Crippen LogP contribution >= 0.6 is 0 Å². The summed E-state index contributed by atoms with van der Waals surface area (Å²) in [6, 6.07) is 0.613. The molecule has 2 rings (SSSR count).